The summed E-state index contributed by atoms with van der Waals surface area (Å²) in [6, 6.07) is 10.9. The number of nitrogens with zero attached hydrogens (tertiary/aromatic N) is 1. The fraction of sp³-hybridized carbons (Fsp3) is 0.625. The molecule has 100 valence electrons. The van der Waals surface area contributed by atoms with Gasteiger partial charge in [-0.15, -0.1) is 0 Å². The Bertz CT molecular complexity index is 317. The van der Waals surface area contributed by atoms with Crippen LogP contribution in [0, 0.1) is 5.92 Å². The molecule has 1 aliphatic rings. The molecule has 0 aromatic heterocycles. The van der Waals surface area contributed by atoms with Crippen LogP contribution in [0.4, 0.5) is 5.69 Å². The second-order valence-corrected chi connectivity index (χ2v) is 5.35. The monoisotopic (exact) mass is 246 g/mol. The van der Waals surface area contributed by atoms with Gasteiger partial charge in [0.1, 0.15) is 0 Å². The summed E-state index contributed by atoms with van der Waals surface area (Å²) in [4.78, 5) is 2.57. The number of piperidine rings is 1. The van der Waals surface area contributed by atoms with E-state index in [0.29, 0.717) is 0 Å². The van der Waals surface area contributed by atoms with E-state index in [9.17, 15) is 0 Å². The first-order chi connectivity index (χ1) is 8.90. The van der Waals surface area contributed by atoms with E-state index in [-0.39, 0.29) is 0 Å². The Morgan fingerprint density at radius 3 is 2.78 bits per heavy atom. The van der Waals surface area contributed by atoms with Crippen LogP contribution in [0.15, 0.2) is 30.3 Å². The number of anilines is 1. The van der Waals surface area contributed by atoms with E-state index in [1.54, 1.807) is 0 Å². The van der Waals surface area contributed by atoms with Gasteiger partial charge < -0.3 is 10.2 Å². The Morgan fingerprint density at radius 2 is 2.11 bits per heavy atom. The van der Waals surface area contributed by atoms with E-state index in [1.807, 2.05) is 0 Å². The first-order valence-electron chi connectivity index (χ1n) is 7.41. The molecule has 1 atom stereocenters. The van der Waals surface area contributed by atoms with Gasteiger partial charge in [-0.2, -0.15) is 0 Å². The maximum absolute atomic E-state index is 3.52. The van der Waals surface area contributed by atoms with Crippen molar-refractivity contribution in [3.63, 3.8) is 0 Å². The van der Waals surface area contributed by atoms with Crippen LogP contribution in [0.25, 0.3) is 0 Å². The minimum atomic E-state index is 0.816. The van der Waals surface area contributed by atoms with Gasteiger partial charge >= 0.3 is 0 Å². The maximum Gasteiger partial charge on any atom is 0.0366 e. The van der Waals surface area contributed by atoms with Crippen LogP contribution in [0.1, 0.15) is 32.6 Å². The highest BCUT2D eigenvalue weighted by Crippen LogP contribution is 2.19. The maximum atomic E-state index is 3.52. The number of hydrogen-bond acceptors (Lipinski definition) is 2. The van der Waals surface area contributed by atoms with Crippen LogP contribution in [-0.4, -0.2) is 26.2 Å². The molecule has 2 rings (SSSR count). The van der Waals surface area contributed by atoms with Crippen molar-refractivity contribution in [1.29, 1.82) is 0 Å². The summed E-state index contributed by atoms with van der Waals surface area (Å²) < 4.78 is 0. The third-order valence-electron chi connectivity index (χ3n) is 3.78. The molecule has 0 aliphatic carbocycles. The van der Waals surface area contributed by atoms with Crippen molar-refractivity contribution in [1.82, 2.24) is 5.32 Å². The van der Waals surface area contributed by atoms with Gasteiger partial charge in [-0.3, -0.25) is 0 Å². The average molecular weight is 246 g/mol. The van der Waals surface area contributed by atoms with E-state index in [1.165, 1.54) is 57.5 Å². The van der Waals surface area contributed by atoms with Crippen LogP contribution in [0.2, 0.25) is 0 Å². The summed E-state index contributed by atoms with van der Waals surface area (Å²) in [5.41, 5.74) is 1.39. The largest absolute Gasteiger partial charge is 0.371 e. The number of rotatable bonds is 6. The van der Waals surface area contributed by atoms with Gasteiger partial charge in [0.05, 0.1) is 0 Å². The van der Waals surface area contributed by atoms with Gasteiger partial charge in [-0.1, -0.05) is 31.5 Å². The molecule has 0 spiro atoms. The van der Waals surface area contributed by atoms with Crippen LogP contribution < -0.4 is 10.2 Å². The molecule has 0 amide bonds. The predicted molar refractivity (Wildman–Crippen MR) is 79.2 cm³/mol. The summed E-state index contributed by atoms with van der Waals surface area (Å²) in [7, 11) is 0. The van der Waals surface area contributed by atoms with Crippen molar-refractivity contribution >= 4 is 5.69 Å². The zero-order valence-corrected chi connectivity index (χ0v) is 11.6. The SMILES string of the molecule is CCCCN(CC1CCCNC1)c1ccccc1. The highest BCUT2D eigenvalue weighted by Gasteiger charge is 2.16. The van der Waals surface area contributed by atoms with Crippen molar-refractivity contribution in [2.45, 2.75) is 32.6 Å². The number of hydrogen-bond donors (Lipinski definition) is 1. The van der Waals surface area contributed by atoms with Gasteiger partial charge in [0.15, 0.2) is 0 Å². The van der Waals surface area contributed by atoms with Gasteiger partial charge in [0.2, 0.25) is 0 Å². The lowest BCUT2D eigenvalue weighted by molar-refractivity contribution is 0.376. The van der Waals surface area contributed by atoms with E-state index in [4.69, 9.17) is 0 Å². The molecule has 1 aliphatic heterocycles. The number of benzene rings is 1. The van der Waals surface area contributed by atoms with Crippen LogP contribution in [0.3, 0.4) is 0 Å². The second-order valence-electron chi connectivity index (χ2n) is 5.35. The fourth-order valence-electron chi connectivity index (χ4n) is 2.71. The Labute approximate surface area is 111 Å². The van der Waals surface area contributed by atoms with E-state index in [2.05, 4.69) is 47.5 Å². The zero-order chi connectivity index (χ0) is 12.6. The average Bonchev–Trinajstić information content (AvgIpc) is 2.45. The number of nitrogens with one attached hydrogen (secondary N) is 1. The van der Waals surface area contributed by atoms with Crippen molar-refractivity contribution in [2.24, 2.45) is 5.92 Å². The van der Waals surface area contributed by atoms with E-state index in [0.717, 1.165) is 5.92 Å². The molecular formula is C16H26N2. The van der Waals surface area contributed by atoms with Crippen LogP contribution >= 0.6 is 0 Å². The Balaban J connectivity index is 1.95. The zero-order valence-electron chi connectivity index (χ0n) is 11.6. The molecule has 1 saturated heterocycles. The topological polar surface area (TPSA) is 15.3 Å². The molecule has 1 N–H and O–H groups in total. The lowest BCUT2D eigenvalue weighted by Crippen LogP contribution is -2.38. The lowest BCUT2D eigenvalue weighted by atomic mass is 9.98. The highest BCUT2D eigenvalue weighted by atomic mass is 15.1. The summed E-state index contributed by atoms with van der Waals surface area (Å²) in [6.07, 6.45) is 5.27. The summed E-state index contributed by atoms with van der Waals surface area (Å²) in [5.74, 6) is 0.816. The molecule has 1 fully saturated rings. The van der Waals surface area contributed by atoms with Crippen LogP contribution in [-0.2, 0) is 0 Å². The third kappa shape index (κ3) is 4.02. The summed E-state index contributed by atoms with van der Waals surface area (Å²) in [6.45, 7) is 7.06. The minimum absolute atomic E-state index is 0.816. The van der Waals surface area contributed by atoms with E-state index < -0.39 is 0 Å². The third-order valence-corrected chi connectivity index (χ3v) is 3.78. The molecule has 0 radical (unpaired) electrons. The van der Waals surface area contributed by atoms with Gasteiger partial charge in [-0.05, 0) is 50.4 Å². The van der Waals surface area contributed by atoms with Crippen molar-refractivity contribution in [2.75, 3.05) is 31.1 Å². The van der Waals surface area contributed by atoms with Gasteiger partial charge in [-0.25, -0.2) is 0 Å². The Kier molecular flexibility index (Phi) is 5.53. The molecule has 1 unspecified atom stereocenters. The first-order valence-corrected chi connectivity index (χ1v) is 7.41. The Hall–Kier alpha value is -1.02. The molecule has 2 nitrogen and oxygen atoms in total. The summed E-state index contributed by atoms with van der Waals surface area (Å²) >= 11 is 0. The number of unbranched alkanes of at least 4 members (excludes halogenated alkanes) is 1. The molecular weight excluding hydrogens is 220 g/mol. The molecule has 1 aromatic carbocycles. The standard InChI is InChI=1S/C16H26N2/c1-2-3-12-18(16-9-5-4-6-10-16)14-15-8-7-11-17-13-15/h4-6,9-10,15,17H,2-3,7-8,11-14H2,1H3. The predicted octanol–water partition coefficient (Wildman–Crippen LogP) is 3.29. The van der Waals surface area contributed by atoms with Crippen molar-refractivity contribution < 1.29 is 0 Å². The Morgan fingerprint density at radius 1 is 1.28 bits per heavy atom. The second kappa shape index (κ2) is 7.42. The summed E-state index contributed by atoms with van der Waals surface area (Å²) in [5, 5.41) is 3.52. The smallest absolute Gasteiger partial charge is 0.0366 e. The molecule has 1 heterocycles. The quantitative estimate of drug-likeness (QED) is 0.828. The minimum Gasteiger partial charge on any atom is -0.371 e. The van der Waals surface area contributed by atoms with E-state index >= 15 is 0 Å². The molecule has 0 bridgehead atoms. The molecule has 0 saturated carbocycles. The van der Waals surface area contributed by atoms with Crippen molar-refractivity contribution in [3.05, 3.63) is 30.3 Å². The van der Waals surface area contributed by atoms with Crippen molar-refractivity contribution in [3.8, 4) is 0 Å². The van der Waals surface area contributed by atoms with Gasteiger partial charge in [0.25, 0.3) is 0 Å². The fourth-order valence-corrected chi connectivity index (χ4v) is 2.71. The molecule has 1 aromatic rings. The molecule has 2 heteroatoms. The number of para-hydroxylation sites is 1. The highest BCUT2D eigenvalue weighted by molar-refractivity contribution is 5.45. The first kappa shape index (κ1) is 13.4. The lowest BCUT2D eigenvalue weighted by Gasteiger charge is -2.31. The normalized spacial score (nSPS) is 19.7. The molecule has 18 heavy (non-hydrogen) atoms. The van der Waals surface area contributed by atoms with Crippen LogP contribution in [0.5, 0.6) is 0 Å². The van der Waals surface area contributed by atoms with Gasteiger partial charge in [0, 0.05) is 18.8 Å².